The topological polar surface area (TPSA) is 63.2 Å². The van der Waals surface area contributed by atoms with Crippen molar-refractivity contribution in [2.45, 2.75) is 59.5 Å². The van der Waals surface area contributed by atoms with Gasteiger partial charge in [-0.2, -0.15) is 0 Å². The van der Waals surface area contributed by atoms with Gasteiger partial charge in [-0.25, -0.2) is 8.42 Å². The van der Waals surface area contributed by atoms with Crippen molar-refractivity contribution in [2.24, 2.45) is 5.41 Å². The summed E-state index contributed by atoms with van der Waals surface area (Å²) in [6.07, 6.45) is 1.52. The number of hydrogen-bond donors (Lipinski definition) is 1. The summed E-state index contributed by atoms with van der Waals surface area (Å²) in [6.45, 7) is 11.5. The van der Waals surface area contributed by atoms with Crippen molar-refractivity contribution in [3.8, 4) is 0 Å². The van der Waals surface area contributed by atoms with Crippen LogP contribution in [0, 0.1) is 5.41 Å². The Morgan fingerprint density at radius 3 is 1.83 bits per heavy atom. The van der Waals surface area contributed by atoms with E-state index in [1.165, 1.54) is 6.26 Å². The number of rotatable bonds is 5. The first-order valence-corrected chi connectivity index (χ1v) is 8.28. The van der Waals surface area contributed by atoms with Crippen LogP contribution in [0.5, 0.6) is 0 Å². The first-order valence-electron chi connectivity index (χ1n) is 6.22. The van der Waals surface area contributed by atoms with Gasteiger partial charge in [-0.1, -0.05) is 20.8 Å². The molecule has 108 valence electrons. The summed E-state index contributed by atoms with van der Waals surface area (Å²) >= 11 is 0. The Hall–Kier alpha value is -0.420. The number of hydrogen-bond acceptors (Lipinski definition) is 4. The largest absolute Gasteiger partial charge is 0.303 e. The van der Waals surface area contributed by atoms with Crippen LogP contribution in [0.2, 0.25) is 0 Å². The number of Topliss-reactive ketones (excluding diaryl/α,β-unsaturated/α-hetero) is 1. The molecule has 0 radical (unpaired) electrons. The third-order valence-corrected chi connectivity index (χ3v) is 3.42. The summed E-state index contributed by atoms with van der Waals surface area (Å²) in [5.74, 6) is 0.0869. The number of sulfone groups is 1. The molecule has 0 aromatic heterocycles. The molecule has 0 rings (SSSR count). The molecule has 0 spiro atoms. The minimum atomic E-state index is -3.05. The number of ketones is 1. The van der Waals surface area contributed by atoms with E-state index in [4.69, 9.17) is 0 Å². The van der Waals surface area contributed by atoms with E-state index < -0.39 is 21.3 Å². The maximum Gasteiger partial charge on any atom is 0.155 e. The molecule has 5 heteroatoms. The lowest BCUT2D eigenvalue weighted by atomic mass is 9.84. The highest BCUT2D eigenvalue weighted by Crippen LogP contribution is 2.20. The molecule has 0 aliphatic rings. The van der Waals surface area contributed by atoms with Gasteiger partial charge < -0.3 is 5.32 Å². The van der Waals surface area contributed by atoms with Gasteiger partial charge in [0.15, 0.2) is 5.78 Å². The van der Waals surface area contributed by atoms with Crippen LogP contribution in [0.15, 0.2) is 0 Å². The average molecular weight is 277 g/mol. The molecule has 0 aliphatic carbocycles. The number of carbonyl (C=O) groups excluding carboxylic acids is 1. The first-order chi connectivity index (χ1) is 7.72. The maximum absolute atomic E-state index is 12.3. The van der Waals surface area contributed by atoms with Crippen LogP contribution < -0.4 is 5.32 Å². The summed E-state index contributed by atoms with van der Waals surface area (Å²) in [5.41, 5.74) is -0.691. The fraction of sp³-hybridized carbons (Fsp3) is 0.923. The van der Waals surface area contributed by atoms with Crippen molar-refractivity contribution in [1.29, 1.82) is 0 Å². The zero-order valence-electron chi connectivity index (χ0n) is 12.6. The molecule has 1 atom stereocenters. The molecular formula is C13H27NO3S. The molecule has 0 bridgehead atoms. The fourth-order valence-electron chi connectivity index (χ4n) is 1.65. The Kier molecular flexibility index (Phi) is 5.56. The van der Waals surface area contributed by atoms with Crippen molar-refractivity contribution < 1.29 is 13.2 Å². The molecular weight excluding hydrogens is 250 g/mol. The van der Waals surface area contributed by atoms with Crippen LogP contribution in [0.4, 0.5) is 0 Å². The van der Waals surface area contributed by atoms with Gasteiger partial charge >= 0.3 is 0 Å². The van der Waals surface area contributed by atoms with Crippen molar-refractivity contribution in [1.82, 2.24) is 5.32 Å². The summed E-state index contributed by atoms with van der Waals surface area (Å²) in [5, 5.41) is 3.22. The molecule has 1 N–H and O–H groups in total. The van der Waals surface area contributed by atoms with Gasteiger partial charge in [0.25, 0.3) is 0 Å². The zero-order valence-corrected chi connectivity index (χ0v) is 13.4. The highest BCUT2D eigenvalue weighted by molar-refractivity contribution is 7.90. The summed E-state index contributed by atoms with van der Waals surface area (Å²) in [4.78, 5) is 12.3. The predicted molar refractivity (Wildman–Crippen MR) is 75.5 cm³/mol. The van der Waals surface area contributed by atoms with E-state index in [1.807, 2.05) is 41.5 Å². The molecule has 0 aromatic rings. The second kappa shape index (κ2) is 5.70. The van der Waals surface area contributed by atoms with E-state index in [0.717, 1.165) is 0 Å². The Morgan fingerprint density at radius 2 is 1.56 bits per heavy atom. The smallest absolute Gasteiger partial charge is 0.155 e. The molecule has 0 aromatic carbocycles. The van der Waals surface area contributed by atoms with E-state index in [-0.39, 0.29) is 17.1 Å². The molecule has 0 saturated carbocycles. The molecule has 0 fully saturated rings. The SMILES string of the molecule is CC(C)(C)N[C@@H](CCS(C)(=O)=O)C(=O)C(C)(C)C. The third-order valence-electron chi connectivity index (χ3n) is 2.44. The molecule has 18 heavy (non-hydrogen) atoms. The molecule has 0 amide bonds. The number of carbonyl (C=O) groups is 1. The van der Waals surface area contributed by atoms with Gasteiger partial charge in [-0.3, -0.25) is 4.79 Å². The zero-order chi connectivity index (χ0) is 14.8. The van der Waals surface area contributed by atoms with Crippen molar-refractivity contribution >= 4 is 15.6 Å². The van der Waals surface area contributed by atoms with Gasteiger partial charge in [-0.15, -0.1) is 0 Å². The molecule has 0 saturated heterocycles. The van der Waals surface area contributed by atoms with E-state index in [9.17, 15) is 13.2 Å². The van der Waals surface area contributed by atoms with Crippen LogP contribution in [-0.4, -0.2) is 37.8 Å². The quantitative estimate of drug-likeness (QED) is 0.832. The van der Waals surface area contributed by atoms with E-state index in [1.54, 1.807) is 0 Å². The minimum absolute atomic E-state index is 0.0303. The second-order valence-corrected chi connectivity index (χ2v) is 9.24. The van der Waals surface area contributed by atoms with Crippen molar-refractivity contribution in [2.75, 3.05) is 12.0 Å². The standard InChI is InChI=1S/C13H27NO3S/c1-12(2,3)11(15)10(14-13(4,5)6)8-9-18(7,16)17/h10,14H,8-9H2,1-7H3/t10-/m0/s1. The van der Waals surface area contributed by atoms with Crippen LogP contribution >= 0.6 is 0 Å². The highest BCUT2D eigenvalue weighted by Gasteiger charge is 2.32. The van der Waals surface area contributed by atoms with E-state index in [2.05, 4.69) is 5.32 Å². The van der Waals surface area contributed by atoms with Gasteiger partial charge in [0, 0.05) is 17.2 Å². The lowest BCUT2D eigenvalue weighted by Crippen LogP contribution is -2.51. The van der Waals surface area contributed by atoms with Crippen molar-refractivity contribution in [3.05, 3.63) is 0 Å². The Labute approximate surface area is 111 Å². The Balaban J connectivity index is 4.90. The third kappa shape index (κ3) is 7.82. The molecule has 0 unspecified atom stereocenters. The first kappa shape index (κ1) is 17.6. The molecule has 0 aliphatic heterocycles. The second-order valence-electron chi connectivity index (χ2n) is 6.98. The Morgan fingerprint density at radius 1 is 1.11 bits per heavy atom. The highest BCUT2D eigenvalue weighted by atomic mass is 32.2. The van der Waals surface area contributed by atoms with Gasteiger partial charge in [0.1, 0.15) is 9.84 Å². The van der Waals surface area contributed by atoms with E-state index >= 15 is 0 Å². The van der Waals surface area contributed by atoms with Gasteiger partial charge in [-0.05, 0) is 27.2 Å². The van der Waals surface area contributed by atoms with Crippen molar-refractivity contribution in [3.63, 3.8) is 0 Å². The van der Waals surface area contributed by atoms with E-state index in [0.29, 0.717) is 6.42 Å². The van der Waals surface area contributed by atoms with Crippen LogP contribution in [0.1, 0.15) is 48.0 Å². The van der Waals surface area contributed by atoms with Crippen LogP contribution in [-0.2, 0) is 14.6 Å². The van der Waals surface area contributed by atoms with Crippen LogP contribution in [0.25, 0.3) is 0 Å². The molecule has 0 heterocycles. The molecule has 4 nitrogen and oxygen atoms in total. The summed E-state index contributed by atoms with van der Waals surface area (Å²) < 4.78 is 22.5. The van der Waals surface area contributed by atoms with Gasteiger partial charge in [0.2, 0.25) is 0 Å². The summed E-state index contributed by atoms with van der Waals surface area (Å²) in [6, 6.07) is -0.417. The lowest BCUT2D eigenvalue weighted by molar-refractivity contribution is -0.129. The maximum atomic E-state index is 12.3. The number of nitrogens with one attached hydrogen (secondary N) is 1. The van der Waals surface area contributed by atoms with Gasteiger partial charge in [0.05, 0.1) is 11.8 Å². The lowest BCUT2D eigenvalue weighted by Gasteiger charge is -2.31. The predicted octanol–water partition coefficient (Wildman–Crippen LogP) is 1.79. The average Bonchev–Trinajstić information content (AvgIpc) is 2.06. The Bertz CT molecular complexity index is 385. The minimum Gasteiger partial charge on any atom is -0.303 e. The fourth-order valence-corrected chi connectivity index (χ4v) is 2.31. The normalized spacial score (nSPS) is 15.5. The monoisotopic (exact) mass is 277 g/mol. The summed E-state index contributed by atoms with van der Waals surface area (Å²) in [7, 11) is -3.05. The van der Waals surface area contributed by atoms with Crippen LogP contribution in [0.3, 0.4) is 0 Å².